The van der Waals surface area contributed by atoms with Crippen LogP contribution in [0.5, 0.6) is 0 Å². The fourth-order valence-corrected chi connectivity index (χ4v) is 3.86. The van der Waals surface area contributed by atoms with Gasteiger partial charge >= 0.3 is 0 Å². The Balaban J connectivity index is 2.18. The average Bonchev–Trinajstić information content (AvgIpc) is 2.40. The van der Waals surface area contributed by atoms with Crippen LogP contribution in [0.15, 0.2) is 50.7 Å². The minimum atomic E-state index is 0.713. The van der Waals surface area contributed by atoms with Crippen molar-refractivity contribution in [2.45, 2.75) is 9.79 Å². The first-order valence-corrected chi connectivity index (χ1v) is 7.11. The summed E-state index contributed by atoms with van der Waals surface area (Å²) >= 11 is 5.27. The lowest BCUT2D eigenvalue weighted by atomic mass is 10.2. The quantitative estimate of drug-likeness (QED) is 0.722. The Labute approximate surface area is 118 Å². The number of benzene rings is 2. The van der Waals surface area contributed by atoms with Crippen LogP contribution in [0.2, 0.25) is 0 Å². The van der Waals surface area contributed by atoms with Crippen molar-refractivity contribution in [3.8, 4) is 0 Å². The third-order valence-corrected chi connectivity index (χ3v) is 5.10. The molecule has 0 radical (unpaired) electrons. The van der Waals surface area contributed by atoms with Crippen molar-refractivity contribution in [2.75, 3.05) is 11.9 Å². The van der Waals surface area contributed by atoms with Gasteiger partial charge in [0.1, 0.15) is 6.29 Å². The maximum atomic E-state index is 10.9. The highest BCUT2D eigenvalue weighted by Crippen LogP contribution is 2.50. The molecule has 2 aromatic carbocycles. The number of aldehydes is 1. The zero-order valence-electron chi connectivity index (χ0n) is 9.68. The van der Waals surface area contributed by atoms with Crippen molar-refractivity contribution in [2.24, 2.45) is 0 Å². The SMILES string of the molecule is CN1c2ccc(C=O)cc2Sc2c(Br)cccc21. The lowest BCUT2D eigenvalue weighted by Gasteiger charge is -2.30. The lowest BCUT2D eigenvalue weighted by molar-refractivity contribution is 0.112. The molecule has 3 rings (SSSR count). The Morgan fingerprint density at radius 2 is 2.06 bits per heavy atom. The summed E-state index contributed by atoms with van der Waals surface area (Å²) < 4.78 is 1.08. The first-order chi connectivity index (χ1) is 8.70. The Morgan fingerprint density at radius 3 is 2.83 bits per heavy atom. The van der Waals surface area contributed by atoms with Crippen molar-refractivity contribution in [3.05, 3.63) is 46.4 Å². The summed E-state index contributed by atoms with van der Waals surface area (Å²) in [6.45, 7) is 0. The zero-order valence-corrected chi connectivity index (χ0v) is 12.1. The maximum Gasteiger partial charge on any atom is 0.150 e. The van der Waals surface area contributed by atoms with Gasteiger partial charge in [-0.3, -0.25) is 4.79 Å². The van der Waals surface area contributed by atoms with Gasteiger partial charge in [0, 0.05) is 22.0 Å². The number of rotatable bonds is 1. The van der Waals surface area contributed by atoms with E-state index in [0.717, 1.165) is 21.3 Å². The second-order valence-electron chi connectivity index (χ2n) is 4.09. The van der Waals surface area contributed by atoms with Gasteiger partial charge in [-0.25, -0.2) is 0 Å². The maximum absolute atomic E-state index is 10.9. The van der Waals surface area contributed by atoms with E-state index in [1.54, 1.807) is 11.8 Å². The van der Waals surface area contributed by atoms with Gasteiger partial charge in [-0.2, -0.15) is 0 Å². The molecule has 1 aliphatic heterocycles. The van der Waals surface area contributed by atoms with E-state index >= 15 is 0 Å². The Hall–Kier alpha value is -1.26. The zero-order chi connectivity index (χ0) is 12.7. The number of hydrogen-bond acceptors (Lipinski definition) is 3. The second-order valence-corrected chi connectivity index (χ2v) is 6.00. The van der Waals surface area contributed by atoms with Gasteiger partial charge in [0.25, 0.3) is 0 Å². The monoisotopic (exact) mass is 319 g/mol. The van der Waals surface area contributed by atoms with Crippen molar-refractivity contribution in [3.63, 3.8) is 0 Å². The van der Waals surface area contributed by atoms with Gasteiger partial charge in [0.2, 0.25) is 0 Å². The van der Waals surface area contributed by atoms with Gasteiger partial charge in [-0.15, -0.1) is 0 Å². The smallest absolute Gasteiger partial charge is 0.150 e. The molecule has 90 valence electrons. The summed E-state index contributed by atoms with van der Waals surface area (Å²) in [4.78, 5) is 15.3. The van der Waals surface area contributed by atoms with Gasteiger partial charge in [0.15, 0.2) is 0 Å². The molecule has 0 bridgehead atoms. The summed E-state index contributed by atoms with van der Waals surface area (Å²) in [5.74, 6) is 0. The first-order valence-electron chi connectivity index (χ1n) is 5.50. The summed E-state index contributed by atoms with van der Waals surface area (Å²) in [5, 5.41) is 0. The molecular formula is C14H10BrNOS. The van der Waals surface area contributed by atoms with Crippen LogP contribution in [0.4, 0.5) is 11.4 Å². The molecule has 0 saturated carbocycles. The Morgan fingerprint density at radius 1 is 1.22 bits per heavy atom. The highest BCUT2D eigenvalue weighted by atomic mass is 79.9. The van der Waals surface area contributed by atoms with E-state index in [0.29, 0.717) is 5.56 Å². The largest absolute Gasteiger partial charge is 0.343 e. The predicted molar refractivity (Wildman–Crippen MR) is 78.2 cm³/mol. The molecule has 0 spiro atoms. The van der Waals surface area contributed by atoms with Gasteiger partial charge in [-0.05, 0) is 46.3 Å². The van der Waals surface area contributed by atoms with E-state index in [-0.39, 0.29) is 0 Å². The molecular weight excluding hydrogens is 310 g/mol. The third kappa shape index (κ3) is 1.76. The lowest BCUT2D eigenvalue weighted by Crippen LogP contribution is -2.14. The third-order valence-electron chi connectivity index (χ3n) is 3.00. The molecule has 2 nitrogen and oxygen atoms in total. The highest BCUT2D eigenvalue weighted by molar-refractivity contribution is 9.10. The summed E-state index contributed by atoms with van der Waals surface area (Å²) in [6.07, 6.45) is 0.885. The molecule has 0 fully saturated rings. The van der Waals surface area contributed by atoms with Gasteiger partial charge < -0.3 is 4.90 Å². The van der Waals surface area contributed by atoms with E-state index in [1.807, 2.05) is 37.4 Å². The fraction of sp³-hybridized carbons (Fsp3) is 0.0714. The minimum absolute atomic E-state index is 0.713. The normalized spacial score (nSPS) is 12.9. The molecule has 0 aliphatic carbocycles. The Bertz CT molecular complexity index is 642. The van der Waals surface area contributed by atoms with Gasteiger partial charge in [0.05, 0.1) is 16.3 Å². The Kier molecular flexibility index (Phi) is 2.92. The molecule has 0 N–H and O–H groups in total. The molecule has 1 aliphatic rings. The average molecular weight is 320 g/mol. The molecule has 0 saturated heterocycles. The van der Waals surface area contributed by atoms with Crippen LogP contribution >= 0.6 is 27.7 Å². The first kappa shape index (κ1) is 11.8. The van der Waals surface area contributed by atoms with E-state index in [4.69, 9.17) is 0 Å². The molecule has 0 amide bonds. The number of halogens is 1. The predicted octanol–water partition coefficient (Wildman–Crippen LogP) is 4.49. The number of carbonyl (C=O) groups is 1. The van der Waals surface area contributed by atoms with Crippen LogP contribution in [-0.2, 0) is 0 Å². The number of hydrogen-bond donors (Lipinski definition) is 0. The minimum Gasteiger partial charge on any atom is -0.343 e. The molecule has 18 heavy (non-hydrogen) atoms. The van der Waals surface area contributed by atoms with Crippen LogP contribution in [-0.4, -0.2) is 13.3 Å². The van der Waals surface area contributed by atoms with Crippen LogP contribution in [0.1, 0.15) is 10.4 Å². The second kappa shape index (κ2) is 4.44. The number of carbonyl (C=O) groups excluding carboxylic acids is 1. The van der Waals surface area contributed by atoms with Crippen molar-refractivity contribution in [1.82, 2.24) is 0 Å². The van der Waals surface area contributed by atoms with Crippen LogP contribution in [0.25, 0.3) is 0 Å². The summed E-state index contributed by atoms with van der Waals surface area (Å²) in [6, 6.07) is 12.0. The van der Waals surface area contributed by atoms with Crippen molar-refractivity contribution >= 4 is 45.4 Å². The van der Waals surface area contributed by atoms with Crippen LogP contribution < -0.4 is 4.90 Å². The van der Waals surface area contributed by atoms with E-state index in [9.17, 15) is 4.79 Å². The highest BCUT2D eigenvalue weighted by Gasteiger charge is 2.22. The van der Waals surface area contributed by atoms with Crippen molar-refractivity contribution in [1.29, 1.82) is 0 Å². The number of fused-ring (bicyclic) bond motifs is 2. The van der Waals surface area contributed by atoms with E-state index < -0.39 is 0 Å². The molecule has 2 aromatic rings. The molecule has 0 aromatic heterocycles. The molecule has 0 atom stereocenters. The van der Waals surface area contributed by atoms with E-state index in [1.165, 1.54) is 10.6 Å². The molecule has 1 heterocycles. The van der Waals surface area contributed by atoms with Crippen LogP contribution in [0.3, 0.4) is 0 Å². The molecule has 4 heteroatoms. The van der Waals surface area contributed by atoms with Gasteiger partial charge in [-0.1, -0.05) is 17.8 Å². The topological polar surface area (TPSA) is 20.3 Å². The number of anilines is 2. The van der Waals surface area contributed by atoms with Crippen LogP contribution in [0, 0.1) is 0 Å². The number of nitrogens with zero attached hydrogens (tertiary/aromatic N) is 1. The standard InChI is InChI=1S/C14H10BrNOS/c1-16-11-6-5-9(8-17)7-13(11)18-14-10(15)3-2-4-12(14)16/h2-8H,1H3. The fourth-order valence-electron chi connectivity index (χ4n) is 2.07. The van der Waals surface area contributed by atoms with Crippen molar-refractivity contribution < 1.29 is 4.79 Å². The van der Waals surface area contributed by atoms with E-state index in [2.05, 4.69) is 26.9 Å². The summed E-state index contributed by atoms with van der Waals surface area (Å²) in [7, 11) is 2.05. The summed E-state index contributed by atoms with van der Waals surface area (Å²) in [5.41, 5.74) is 3.03. The molecule has 0 unspecified atom stereocenters.